The highest BCUT2D eigenvalue weighted by Gasteiger charge is 2.14. The summed E-state index contributed by atoms with van der Waals surface area (Å²) in [5, 5.41) is 0.731. The van der Waals surface area contributed by atoms with E-state index in [1.165, 1.54) is 11.1 Å². The lowest BCUT2D eigenvalue weighted by atomic mass is 10.1. The van der Waals surface area contributed by atoms with E-state index in [0.717, 1.165) is 16.5 Å². The number of aryl methyl sites for hydroxylation is 2. The predicted molar refractivity (Wildman–Crippen MR) is 134 cm³/mol. The van der Waals surface area contributed by atoms with Crippen molar-refractivity contribution in [1.82, 2.24) is 0 Å². The fourth-order valence-electron chi connectivity index (χ4n) is 3.25. The van der Waals surface area contributed by atoms with Gasteiger partial charge in [0, 0.05) is 22.6 Å². The van der Waals surface area contributed by atoms with Crippen LogP contribution >= 0.6 is 0 Å². The van der Waals surface area contributed by atoms with Gasteiger partial charge in [0.2, 0.25) is 0 Å². The summed E-state index contributed by atoms with van der Waals surface area (Å²) in [6.07, 6.45) is 0. The van der Waals surface area contributed by atoms with E-state index in [9.17, 15) is 4.79 Å². The van der Waals surface area contributed by atoms with Crippen LogP contribution in [0.15, 0.2) is 71.1 Å². The molecule has 0 aliphatic carbocycles. The molecule has 0 atom stereocenters. The van der Waals surface area contributed by atoms with Crippen LogP contribution in [0.1, 0.15) is 50.9 Å². The van der Waals surface area contributed by atoms with Crippen molar-refractivity contribution < 1.29 is 13.9 Å². The minimum absolute atomic E-state index is 0.290. The molecule has 0 saturated carbocycles. The van der Waals surface area contributed by atoms with Crippen molar-refractivity contribution in [3.63, 3.8) is 0 Å². The maximum atomic E-state index is 12.4. The molecule has 0 radical (unpaired) electrons. The fourth-order valence-corrected chi connectivity index (χ4v) is 3.25. The molecule has 3 nitrogen and oxygen atoms in total. The van der Waals surface area contributed by atoms with Crippen LogP contribution in [0.2, 0.25) is 0 Å². The first-order valence-electron chi connectivity index (χ1n) is 10.9. The van der Waals surface area contributed by atoms with Crippen LogP contribution in [0.4, 0.5) is 0 Å². The van der Waals surface area contributed by atoms with Gasteiger partial charge in [-0.05, 0) is 80.9 Å². The van der Waals surface area contributed by atoms with Crippen LogP contribution in [0.5, 0.6) is 0 Å². The van der Waals surface area contributed by atoms with Gasteiger partial charge in [0.15, 0.2) is 11.3 Å². The molecule has 0 fully saturated rings. The first-order chi connectivity index (χ1) is 16.5. The molecule has 4 aromatic rings. The van der Waals surface area contributed by atoms with Crippen molar-refractivity contribution >= 4 is 16.9 Å². The highest BCUT2D eigenvalue weighted by atomic mass is 16.5. The van der Waals surface area contributed by atoms with Crippen LogP contribution < -0.4 is 0 Å². The second-order valence-electron chi connectivity index (χ2n) is 7.76. The Labute approximate surface area is 199 Å². The van der Waals surface area contributed by atoms with Crippen molar-refractivity contribution in [2.75, 3.05) is 6.61 Å². The maximum Gasteiger partial charge on any atom is 0.338 e. The zero-order chi connectivity index (χ0) is 23.9. The van der Waals surface area contributed by atoms with E-state index in [-0.39, 0.29) is 0 Å². The average molecular weight is 443 g/mol. The highest BCUT2D eigenvalue weighted by Crippen LogP contribution is 2.25. The summed E-state index contributed by atoms with van der Waals surface area (Å²) in [6.45, 7) is 6.12. The second kappa shape index (κ2) is 10.3. The number of benzene rings is 3. The molecule has 3 aromatic carbocycles. The Kier molecular flexibility index (Phi) is 6.84. The molecule has 1 heterocycles. The normalized spacial score (nSPS) is 9.74. The maximum absolute atomic E-state index is 12.4. The van der Waals surface area contributed by atoms with Gasteiger partial charge in [-0.25, -0.2) is 4.79 Å². The monoisotopic (exact) mass is 442 g/mol. The second-order valence-corrected chi connectivity index (χ2v) is 7.76. The van der Waals surface area contributed by atoms with Gasteiger partial charge in [0.1, 0.15) is 0 Å². The van der Waals surface area contributed by atoms with E-state index in [4.69, 9.17) is 9.15 Å². The van der Waals surface area contributed by atoms with Crippen LogP contribution in [0, 0.1) is 49.4 Å². The molecule has 0 aliphatic heterocycles. The summed E-state index contributed by atoms with van der Waals surface area (Å²) in [5.74, 6) is 18.0. The Hall–Kier alpha value is -4.65. The van der Waals surface area contributed by atoms with E-state index in [1.54, 1.807) is 19.1 Å². The van der Waals surface area contributed by atoms with Crippen LogP contribution in [-0.4, -0.2) is 12.6 Å². The summed E-state index contributed by atoms with van der Waals surface area (Å²) in [4.78, 5) is 12.4. The molecular weight excluding hydrogens is 420 g/mol. The fraction of sp³-hybridized carbons (Fsp3) is 0.129. The van der Waals surface area contributed by atoms with Gasteiger partial charge in [-0.2, -0.15) is 0 Å². The summed E-state index contributed by atoms with van der Waals surface area (Å²) in [5.41, 5.74) is 5.65. The smallest absolute Gasteiger partial charge is 0.338 e. The number of carbonyl (C=O) groups excluding carboxylic acids is 1. The minimum Gasteiger partial charge on any atom is -0.462 e. The van der Waals surface area contributed by atoms with Crippen molar-refractivity contribution in [2.24, 2.45) is 0 Å². The number of fused-ring (bicyclic) bond motifs is 1. The SMILES string of the molecule is CCOC(=O)c1cc(C#CC#Cc2ccc(C)cc2)c2oc(C#Cc3ccc(C)cc3)cc2c1. The van der Waals surface area contributed by atoms with E-state index >= 15 is 0 Å². The lowest BCUT2D eigenvalue weighted by Crippen LogP contribution is -2.04. The molecule has 0 saturated heterocycles. The predicted octanol–water partition coefficient (Wildman–Crippen LogP) is 6.03. The quantitative estimate of drug-likeness (QED) is 0.281. The molecule has 0 N–H and O–H groups in total. The number of esters is 1. The van der Waals surface area contributed by atoms with E-state index in [1.807, 2.05) is 68.4 Å². The Morgan fingerprint density at radius 2 is 1.41 bits per heavy atom. The van der Waals surface area contributed by atoms with Crippen molar-refractivity contribution in [3.8, 4) is 35.5 Å². The lowest BCUT2D eigenvalue weighted by molar-refractivity contribution is 0.0526. The molecule has 0 unspecified atom stereocenters. The zero-order valence-electron chi connectivity index (χ0n) is 19.3. The zero-order valence-corrected chi connectivity index (χ0v) is 19.3. The number of carbonyl (C=O) groups is 1. The molecule has 0 aliphatic rings. The van der Waals surface area contributed by atoms with Gasteiger partial charge in [0.05, 0.1) is 17.7 Å². The van der Waals surface area contributed by atoms with Crippen LogP contribution in [0.3, 0.4) is 0 Å². The summed E-state index contributed by atoms with van der Waals surface area (Å²) in [6, 6.07) is 21.1. The van der Waals surface area contributed by atoms with Crippen molar-refractivity contribution in [1.29, 1.82) is 0 Å². The van der Waals surface area contributed by atoms with Crippen molar-refractivity contribution in [2.45, 2.75) is 20.8 Å². The Balaban J connectivity index is 1.71. The summed E-state index contributed by atoms with van der Waals surface area (Å²) < 4.78 is 11.2. The number of hydrogen-bond acceptors (Lipinski definition) is 3. The topological polar surface area (TPSA) is 39.4 Å². The first-order valence-corrected chi connectivity index (χ1v) is 10.9. The van der Waals surface area contributed by atoms with E-state index < -0.39 is 5.97 Å². The molecule has 3 heteroatoms. The van der Waals surface area contributed by atoms with Crippen LogP contribution in [0.25, 0.3) is 11.0 Å². The third-order valence-corrected chi connectivity index (χ3v) is 5.03. The van der Waals surface area contributed by atoms with Gasteiger partial charge in [-0.1, -0.05) is 47.2 Å². The standard InChI is InChI=1S/C31H22O3/c1-4-33-31(32)28-19-26(8-6-5-7-24-13-9-22(2)10-14-24)30-27(20-28)21-29(34-30)18-17-25-15-11-23(3)12-16-25/h9-16,19-21H,4H2,1-3H3. The summed E-state index contributed by atoms with van der Waals surface area (Å²) >= 11 is 0. The Bertz CT molecular complexity index is 1530. The number of hydrogen-bond donors (Lipinski definition) is 0. The summed E-state index contributed by atoms with van der Waals surface area (Å²) in [7, 11) is 0. The van der Waals surface area contributed by atoms with E-state index in [0.29, 0.717) is 29.1 Å². The van der Waals surface area contributed by atoms with Crippen LogP contribution in [-0.2, 0) is 4.74 Å². The molecular formula is C31H22O3. The largest absolute Gasteiger partial charge is 0.462 e. The third-order valence-electron chi connectivity index (χ3n) is 5.03. The third kappa shape index (κ3) is 5.58. The molecule has 164 valence electrons. The van der Waals surface area contributed by atoms with Gasteiger partial charge in [-0.15, -0.1) is 0 Å². The number of ether oxygens (including phenoxy) is 1. The average Bonchev–Trinajstić information content (AvgIpc) is 3.26. The minimum atomic E-state index is -0.410. The number of furan rings is 1. The lowest BCUT2D eigenvalue weighted by Gasteiger charge is -2.02. The van der Waals surface area contributed by atoms with E-state index in [2.05, 4.69) is 35.5 Å². The molecule has 0 bridgehead atoms. The van der Waals surface area contributed by atoms with Gasteiger partial charge < -0.3 is 9.15 Å². The molecule has 4 rings (SSSR count). The van der Waals surface area contributed by atoms with Crippen molar-refractivity contribution in [3.05, 3.63) is 106 Å². The molecule has 34 heavy (non-hydrogen) atoms. The first kappa shape index (κ1) is 22.5. The molecule has 0 amide bonds. The highest BCUT2D eigenvalue weighted by molar-refractivity contribution is 5.96. The molecule has 1 aromatic heterocycles. The van der Waals surface area contributed by atoms with Gasteiger partial charge in [0.25, 0.3) is 0 Å². The Morgan fingerprint density at radius 1 is 0.794 bits per heavy atom. The van der Waals surface area contributed by atoms with Gasteiger partial charge >= 0.3 is 5.97 Å². The van der Waals surface area contributed by atoms with Gasteiger partial charge in [-0.3, -0.25) is 0 Å². The molecule has 0 spiro atoms. The Morgan fingerprint density at radius 3 is 2.06 bits per heavy atom. The number of rotatable bonds is 2.